The zero-order valence-electron chi connectivity index (χ0n) is 14.1. The van der Waals surface area contributed by atoms with Crippen molar-refractivity contribution in [3.63, 3.8) is 0 Å². The van der Waals surface area contributed by atoms with Crippen molar-refractivity contribution in [2.45, 2.75) is 0 Å². The van der Waals surface area contributed by atoms with Crippen LogP contribution in [0.4, 0.5) is 0 Å². The van der Waals surface area contributed by atoms with Gasteiger partial charge in [-0.3, -0.25) is 4.79 Å². The first-order valence-electron chi connectivity index (χ1n) is 8.37. The predicted octanol–water partition coefficient (Wildman–Crippen LogP) is 4.38. The molecule has 26 heavy (non-hydrogen) atoms. The molecule has 2 N–H and O–H groups in total. The molecule has 0 bridgehead atoms. The molecule has 2 aromatic rings. The normalized spacial score (nSPS) is 16.6. The molecule has 0 saturated heterocycles. The van der Waals surface area contributed by atoms with Crippen LogP contribution in [0, 0.1) is 0 Å². The molecule has 126 valence electrons. The number of allylic oxidation sites excluding steroid dienone is 7. The quantitative estimate of drug-likeness (QED) is 0.883. The molecule has 0 atom stereocenters. The average Bonchev–Trinajstić information content (AvgIpc) is 2.71. The van der Waals surface area contributed by atoms with Gasteiger partial charge >= 0.3 is 0 Å². The second-order valence-electron chi connectivity index (χ2n) is 6.06. The van der Waals surface area contributed by atoms with E-state index in [0.29, 0.717) is 0 Å². The van der Waals surface area contributed by atoms with Gasteiger partial charge in [0, 0.05) is 11.1 Å². The van der Waals surface area contributed by atoms with Gasteiger partial charge in [0.15, 0.2) is 0 Å². The summed E-state index contributed by atoms with van der Waals surface area (Å²) in [7, 11) is 0. The Morgan fingerprint density at radius 2 is 1.19 bits per heavy atom. The average molecular weight is 339 g/mol. The highest BCUT2D eigenvalue weighted by Gasteiger charge is 2.17. The van der Waals surface area contributed by atoms with Gasteiger partial charge < -0.3 is 10.5 Å². The monoisotopic (exact) mass is 339 g/mol. The highest BCUT2D eigenvalue weighted by atomic mass is 16.5. The summed E-state index contributed by atoms with van der Waals surface area (Å²) in [6.07, 6.45) is 8.94. The fourth-order valence-corrected chi connectivity index (χ4v) is 2.89. The predicted molar refractivity (Wildman–Crippen MR) is 103 cm³/mol. The molecule has 1 aliphatic heterocycles. The second-order valence-corrected chi connectivity index (χ2v) is 6.06. The summed E-state index contributed by atoms with van der Waals surface area (Å²) < 4.78 is 6.17. The molecule has 0 unspecified atom stereocenters. The van der Waals surface area contributed by atoms with Gasteiger partial charge in [0.25, 0.3) is 0 Å². The van der Waals surface area contributed by atoms with Crippen molar-refractivity contribution in [3.05, 3.63) is 119 Å². The molecule has 0 radical (unpaired) electrons. The molecular weight excluding hydrogens is 322 g/mol. The molecular formula is C23H17NO2. The Morgan fingerprint density at radius 3 is 1.69 bits per heavy atom. The first-order valence-corrected chi connectivity index (χ1v) is 8.37. The maximum atomic E-state index is 11.6. The molecule has 0 spiro atoms. The van der Waals surface area contributed by atoms with Crippen molar-refractivity contribution < 1.29 is 9.53 Å². The second kappa shape index (κ2) is 6.73. The summed E-state index contributed by atoms with van der Waals surface area (Å²) in [6, 6.07) is 19.9. The summed E-state index contributed by atoms with van der Waals surface area (Å²) in [5.74, 6) is 1.35. The minimum absolute atomic E-state index is 0.166. The first-order chi connectivity index (χ1) is 12.7. The topological polar surface area (TPSA) is 52.3 Å². The van der Waals surface area contributed by atoms with Gasteiger partial charge in [0.05, 0.1) is 5.70 Å². The van der Waals surface area contributed by atoms with Crippen LogP contribution in [0.5, 0.6) is 0 Å². The lowest BCUT2D eigenvalue weighted by atomic mass is 9.96. The third kappa shape index (κ3) is 3.15. The van der Waals surface area contributed by atoms with Crippen LogP contribution in [0.1, 0.15) is 11.1 Å². The van der Waals surface area contributed by atoms with E-state index in [0.717, 1.165) is 33.8 Å². The van der Waals surface area contributed by atoms with Gasteiger partial charge in [-0.25, -0.2) is 0 Å². The Bertz CT molecular complexity index is 949. The van der Waals surface area contributed by atoms with Crippen LogP contribution in [0.25, 0.3) is 11.5 Å². The standard InChI is InChI=1S/C23H17NO2/c24-20-13-18(11-12-21(20)25)19-14-22(16-7-3-1-4-8-16)26-23(15-19)17-9-5-2-6-10-17/h1-15H,24H2. The van der Waals surface area contributed by atoms with Crippen LogP contribution in [0.3, 0.4) is 0 Å². The fraction of sp³-hybridized carbons (Fsp3) is 0. The summed E-state index contributed by atoms with van der Waals surface area (Å²) in [5.41, 5.74) is 9.86. The van der Waals surface area contributed by atoms with Crippen LogP contribution in [-0.4, -0.2) is 5.78 Å². The van der Waals surface area contributed by atoms with Crippen LogP contribution in [0.15, 0.2) is 108 Å². The molecule has 0 fully saturated rings. The Morgan fingerprint density at radius 1 is 0.654 bits per heavy atom. The van der Waals surface area contributed by atoms with E-state index in [-0.39, 0.29) is 11.5 Å². The van der Waals surface area contributed by atoms with Gasteiger partial charge in [-0.2, -0.15) is 0 Å². The minimum atomic E-state index is -0.166. The molecule has 1 aliphatic carbocycles. The minimum Gasteiger partial charge on any atom is -0.456 e. The smallest absolute Gasteiger partial charge is 0.201 e. The summed E-state index contributed by atoms with van der Waals surface area (Å²) in [4.78, 5) is 11.6. The maximum Gasteiger partial charge on any atom is 0.201 e. The molecule has 2 aliphatic rings. The Labute approximate surface area is 152 Å². The van der Waals surface area contributed by atoms with E-state index < -0.39 is 0 Å². The molecule has 1 heterocycles. The lowest BCUT2D eigenvalue weighted by Gasteiger charge is -2.20. The molecule has 0 amide bonds. The largest absolute Gasteiger partial charge is 0.456 e. The van der Waals surface area contributed by atoms with Gasteiger partial charge in [-0.1, -0.05) is 66.7 Å². The van der Waals surface area contributed by atoms with E-state index in [1.807, 2.05) is 72.8 Å². The molecule has 0 saturated carbocycles. The number of carbonyl (C=O) groups is 1. The molecule has 3 nitrogen and oxygen atoms in total. The number of rotatable bonds is 2. The third-order valence-electron chi connectivity index (χ3n) is 4.25. The molecule has 3 heteroatoms. The van der Waals surface area contributed by atoms with Crippen LogP contribution >= 0.6 is 0 Å². The van der Waals surface area contributed by atoms with Crippen LogP contribution < -0.4 is 5.73 Å². The lowest BCUT2D eigenvalue weighted by molar-refractivity contribution is -0.111. The Hall–Kier alpha value is -3.59. The highest BCUT2D eigenvalue weighted by molar-refractivity contribution is 6.05. The fourth-order valence-electron chi connectivity index (χ4n) is 2.89. The van der Waals surface area contributed by atoms with Crippen molar-refractivity contribution in [1.82, 2.24) is 0 Å². The van der Waals surface area contributed by atoms with Gasteiger partial charge in [-0.05, 0) is 35.5 Å². The highest BCUT2D eigenvalue weighted by Crippen LogP contribution is 2.34. The van der Waals surface area contributed by atoms with Gasteiger partial charge in [-0.15, -0.1) is 0 Å². The molecule has 4 rings (SSSR count). The van der Waals surface area contributed by atoms with E-state index in [1.54, 1.807) is 12.2 Å². The van der Waals surface area contributed by atoms with E-state index in [2.05, 4.69) is 0 Å². The number of ether oxygens (including phenoxy) is 1. The number of hydrogen-bond acceptors (Lipinski definition) is 3. The zero-order chi connectivity index (χ0) is 17.9. The van der Waals surface area contributed by atoms with Crippen LogP contribution in [0.2, 0.25) is 0 Å². The number of benzene rings is 2. The number of hydrogen-bond donors (Lipinski definition) is 1. The van der Waals surface area contributed by atoms with Crippen molar-refractivity contribution in [3.8, 4) is 0 Å². The number of ketones is 1. The number of nitrogens with two attached hydrogens (primary N) is 1. The van der Waals surface area contributed by atoms with Gasteiger partial charge in [0.1, 0.15) is 11.5 Å². The van der Waals surface area contributed by atoms with E-state index in [9.17, 15) is 4.79 Å². The Balaban J connectivity index is 1.85. The van der Waals surface area contributed by atoms with Crippen LogP contribution in [-0.2, 0) is 9.53 Å². The van der Waals surface area contributed by atoms with E-state index in [1.165, 1.54) is 6.08 Å². The Kier molecular flexibility index (Phi) is 4.12. The maximum absolute atomic E-state index is 11.6. The number of carbonyl (C=O) groups excluding carboxylic acids is 1. The van der Waals surface area contributed by atoms with Crippen molar-refractivity contribution in [2.24, 2.45) is 5.73 Å². The van der Waals surface area contributed by atoms with E-state index >= 15 is 0 Å². The van der Waals surface area contributed by atoms with Crippen molar-refractivity contribution in [2.75, 3.05) is 0 Å². The SMILES string of the molecule is NC1=CC(=C2C=C(c3ccccc3)OC(c3ccccc3)=C2)C=CC1=O. The lowest BCUT2D eigenvalue weighted by Crippen LogP contribution is -2.12. The van der Waals surface area contributed by atoms with Gasteiger partial charge in [0.2, 0.25) is 5.78 Å². The van der Waals surface area contributed by atoms with Crippen molar-refractivity contribution in [1.29, 1.82) is 0 Å². The zero-order valence-corrected chi connectivity index (χ0v) is 14.1. The first kappa shape index (κ1) is 15.9. The third-order valence-corrected chi connectivity index (χ3v) is 4.25. The summed E-state index contributed by atoms with van der Waals surface area (Å²) >= 11 is 0. The van der Waals surface area contributed by atoms with Crippen molar-refractivity contribution >= 4 is 17.3 Å². The summed E-state index contributed by atoms with van der Waals surface area (Å²) in [5, 5.41) is 0. The summed E-state index contributed by atoms with van der Waals surface area (Å²) in [6.45, 7) is 0. The molecule has 0 aromatic heterocycles. The van der Waals surface area contributed by atoms with E-state index in [4.69, 9.17) is 10.5 Å². The molecule has 2 aromatic carbocycles.